The molecule has 0 heterocycles. The molecule has 1 amide bonds. The van der Waals surface area contributed by atoms with Gasteiger partial charge in [-0.3, -0.25) is 4.79 Å². The van der Waals surface area contributed by atoms with E-state index < -0.39 is 0 Å². The van der Waals surface area contributed by atoms with E-state index in [1.807, 2.05) is 12.1 Å². The number of carbonyl (C=O) groups excluding carboxylic acids is 1. The summed E-state index contributed by atoms with van der Waals surface area (Å²) < 4.78 is 0. The van der Waals surface area contributed by atoms with E-state index in [9.17, 15) is 9.90 Å². The maximum Gasteiger partial charge on any atom is 0.224 e. The molecule has 0 spiro atoms. The summed E-state index contributed by atoms with van der Waals surface area (Å²) in [5.41, 5.74) is 3.49. The number of benzene rings is 1. The van der Waals surface area contributed by atoms with E-state index in [2.05, 4.69) is 25.2 Å². The molecule has 104 valence electrons. The van der Waals surface area contributed by atoms with E-state index in [0.29, 0.717) is 6.42 Å². The monoisotopic (exact) mass is 261 g/mol. The quantitative estimate of drug-likeness (QED) is 0.877. The van der Waals surface area contributed by atoms with Gasteiger partial charge < -0.3 is 10.4 Å². The third kappa shape index (κ3) is 3.80. The molecular weight excluding hydrogens is 238 g/mol. The molecule has 0 radical (unpaired) electrons. The highest BCUT2D eigenvalue weighted by atomic mass is 16.3. The molecule has 1 aliphatic carbocycles. The Balaban J connectivity index is 1.91. The lowest BCUT2D eigenvalue weighted by Gasteiger charge is -2.28. The number of hydrogen-bond acceptors (Lipinski definition) is 2. The lowest BCUT2D eigenvalue weighted by atomic mass is 9.92. The standard InChI is InChI=1S/C16H23NO2/c1-11-7-8-13(9-12(11)2)10-16(19)17-14-5-3-4-6-15(14)18/h7-9,14-15,18H,3-6,10H2,1-2H3,(H,17,19)/t14-,15-/m0/s1. The zero-order chi connectivity index (χ0) is 13.8. The minimum Gasteiger partial charge on any atom is -0.391 e. The number of aliphatic hydroxyl groups is 1. The van der Waals surface area contributed by atoms with Crippen LogP contribution >= 0.6 is 0 Å². The molecule has 2 rings (SSSR count). The lowest BCUT2D eigenvalue weighted by Crippen LogP contribution is -2.45. The van der Waals surface area contributed by atoms with Gasteiger partial charge in [-0.1, -0.05) is 31.0 Å². The van der Waals surface area contributed by atoms with Gasteiger partial charge in [0.25, 0.3) is 0 Å². The first kappa shape index (κ1) is 14.1. The first-order valence-electron chi connectivity index (χ1n) is 7.10. The van der Waals surface area contributed by atoms with E-state index in [1.54, 1.807) is 0 Å². The van der Waals surface area contributed by atoms with Gasteiger partial charge in [0.05, 0.1) is 18.6 Å². The second kappa shape index (κ2) is 6.20. The molecule has 2 N–H and O–H groups in total. The molecule has 19 heavy (non-hydrogen) atoms. The van der Waals surface area contributed by atoms with Crippen LogP contribution in [0.2, 0.25) is 0 Å². The van der Waals surface area contributed by atoms with Gasteiger partial charge in [-0.25, -0.2) is 0 Å². The van der Waals surface area contributed by atoms with Crippen molar-refractivity contribution < 1.29 is 9.90 Å². The summed E-state index contributed by atoms with van der Waals surface area (Å²) in [4.78, 5) is 12.0. The summed E-state index contributed by atoms with van der Waals surface area (Å²) in [5.74, 6) is 0.00852. The molecule has 1 fully saturated rings. The van der Waals surface area contributed by atoms with Crippen LogP contribution in [0, 0.1) is 13.8 Å². The van der Waals surface area contributed by atoms with Crippen LogP contribution in [0.25, 0.3) is 0 Å². The molecule has 0 saturated heterocycles. The highest BCUT2D eigenvalue weighted by Crippen LogP contribution is 2.18. The Labute approximate surface area is 115 Å². The summed E-state index contributed by atoms with van der Waals surface area (Å²) in [6.45, 7) is 4.12. The van der Waals surface area contributed by atoms with Gasteiger partial charge in [0, 0.05) is 0 Å². The molecule has 1 aromatic rings. The fraction of sp³-hybridized carbons (Fsp3) is 0.562. The van der Waals surface area contributed by atoms with Crippen LogP contribution in [0.15, 0.2) is 18.2 Å². The van der Waals surface area contributed by atoms with E-state index >= 15 is 0 Å². The third-order valence-corrected chi connectivity index (χ3v) is 4.01. The number of carbonyl (C=O) groups is 1. The molecule has 3 nitrogen and oxygen atoms in total. The van der Waals surface area contributed by atoms with Gasteiger partial charge >= 0.3 is 0 Å². The summed E-state index contributed by atoms with van der Waals surface area (Å²) >= 11 is 0. The molecular formula is C16H23NO2. The number of aryl methyl sites for hydroxylation is 2. The predicted octanol–water partition coefficient (Wildman–Crippen LogP) is 2.27. The van der Waals surface area contributed by atoms with Crippen LogP contribution in [0.4, 0.5) is 0 Å². The number of amides is 1. The highest BCUT2D eigenvalue weighted by molar-refractivity contribution is 5.79. The minimum atomic E-state index is -0.377. The van der Waals surface area contributed by atoms with Gasteiger partial charge in [-0.05, 0) is 43.4 Å². The Bertz CT molecular complexity index is 456. The Kier molecular flexibility index (Phi) is 4.59. The van der Waals surface area contributed by atoms with Crippen molar-refractivity contribution >= 4 is 5.91 Å². The molecule has 1 saturated carbocycles. The summed E-state index contributed by atoms with van der Waals surface area (Å²) in [6, 6.07) is 6.05. The topological polar surface area (TPSA) is 49.3 Å². The van der Waals surface area contributed by atoms with Crippen LogP contribution in [0.1, 0.15) is 42.4 Å². The zero-order valence-electron chi connectivity index (χ0n) is 11.8. The van der Waals surface area contributed by atoms with Crippen molar-refractivity contribution in [2.24, 2.45) is 0 Å². The van der Waals surface area contributed by atoms with Crippen LogP contribution in [0.3, 0.4) is 0 Å². The number of aliphatic hydroxyl groups excluding tert-OH is 1. The fourth-order valence-electron chi connectivity index (χ4n) is 2.64. The van der Waals surface area contributed by atoms with E-state index in [4.69, 9.17) is 0 Å². The summed E-state index contributed by atoms with van der Waals surface area (Å²) in [7, 11) is 0. The maximum atomic E-state index is 12.0. The van der Waals surface area contributed by atoms with Crippen molar-refractivity contribution in [3.05, 3.63) is 34.9 Å². The zero-order valence-corrected chi connectivity index (χ0v) is 11.8. The van der Waals surface area contributed by atoms with Gasteiger partial charge in [-0.2, -0.15) is 0 Å². The lowest BCUT2D eigenvalue weighted by molar-refractivity contribution is -0.122. The van der Waals surface area contributed by atoms with Gasteiger partial charge in [0.2, 0.25) is 5.91 Å². The largest absolute Gasteiger partial charge is 0.391 e. The fourth-order valence-corrected chi connectivity index (χ4v) is 2.64. The SMILES string of the molecule is Cc1ccc(CC(=O)N[C@H]2CCCC[C@@H]2O)cc1C. The van der Waals surface area contributed by atoms with Crippen LogP contribution < -0.4 is 5.32 Å². The van der Waals surface area contributed by atoms with Gasteiger partial charge in [-0.15, -0.1) is 0 Å². The molecule has 3 heteroatoms. The predicted molar refractivity (Wildman–Crippen MR) is 76.0 cm³/mol. The smallest absolute Gasteiger partial charge is 0.224 e. The van der Waals surface area contributed by atoms with Crippen molar-refractivity contribution in [3.8, 4) is 0 Å². The summed E-state index contributed by atoms with van der Waals surface area (Å²) in [6.07, 6.45) is 3.85. The molecule has 0 bridgehead atoms. The van der Waals surface area contributed by atoms with Gasteiger partial charge in [0.1, 0.15) is 0 Å². The van der Waals surface area contributed by atoms with Crippen molar-refractivity contribution in [2.75, 3.05) is 0 Å². The molecule has 0 aromatic heterocycles. The van der Waals surface area contributed by atoms with Crippen molar-refractivity contribution in [1.82, 2.24) is 5.32 Å². The average Bonchev–Trinajstić information content (AvgIpc) is 2.37. The van der Waals surface area contributed by atoms with Crippen molar-refractivity contribution in [2.45, 2.75) is 58.1 Å². The van der Waals surface area contributed by atoms with Crippen LogP contribution in [-0.4, -0.2) is 23.2 Å². The molecule has 0 aliphatic heterocycles. The number of rotatable bonds is 3. The number of hydrogen-bond donors (Lipinski definition) is 2. The Morgan fingerprint density at radius 3 is 2.68 bits per heavy atom. The summed E-state index contributed by atoms with van der Waals surface area (Å²) in [5, 5.41) is 12.8. The Hall–Kier alpha value is -1.35. The number of nitrogens with one attached hydrogen (secondary N) is 1. The van der Waals surface area contributed by atoms with E-state index in [1.165, 1.54) is 11.1 Å². The van der Waals surface area contributed by atoms with Crippen LogP contribution in [-0.2, 0) is 11.2 Å². The maximum absolute atomic E-state index is 12.0. The minimum absolute atomic E-state index is 0.00852. The van der Waals surface area contributed by atoms with Crippen molar-refractivity contribution in [1.29, 1.82) is 0 Å². The average molecular weight is 261 g/mol. The van der Waals surface area contributed by atoms with E-state index in [-0.39, 0.29) is 18.1 Å². The highest BCUT2D eigenvalue weighted by Gasteiger charge is 2.24. The van der Waals surface area contributed by atoms with Gasteiger partial charge in [0.15, 0.2) is 0 Å². The third-order valence-electron chi connectivity index (χ3n) is 4.01. The second-order valence-electron chi connectivity index (χ2n) is 5.62. The Morgan fingerprint density at radius 1 is 1.26 bits per heavy atom. The normalized spacial score (nSPS) is 23.1. The molecule has 2 atom stereocenters. The first-order valence-corrected chi connectivity index (χ1v) is 7.10. The van der Waals surface area contributed by atoms with Crippen LogP contribution in [0.5, 0.6) is 0 Å². The molecule has 1 aromatic carbocycles. The second-order valence-corrected chi connectivity index (χ2v) is 5.62. The first-order chi connectivity index (χ1) is 9.06. The molecule has 1 aliphatic rings. The Morgan fingerprint density at radius 2 is 2.00 bits per heavy atom. The molecule has 0 unspecified atom stereocenters. The van der Waals surface area contributed by atoms with Crippen molar-refractivity contribution in [3.63, 3.8) is 0 Å². The van der Waals surface area contributed by atoms with E-state index in [0.717, 1.165) is 31.2 Å².